The van der Waals surface area contributed by atoms with Crippen LogP contribution in [0.1, 0.15) is 19.4 Å². The zero-order valence-corrected chi connectivity index (χ0v) is 11.1. The molecule has 0 saturated carbocycles. The first-order valence-electron chi connectivity index (χ1n) is 6.77. The van der Waals surface area contributed by atoms with E-state index in [9.17, 15) is 4.39 Å². The molecule has 1 N–H and O–H groups in total. The maximum Gasteiger partial charge on any atom is 0.123 e. The molecule has 2 heterocycles. The molecule has 0 bridgehead atoms. The summed E-state index contributed by atoms with van der Waals surface area (Å²) >= 11 is 0. The van der Waals surface area contributed by atoms with Gasteiger partial charge in [0.25, 0.3) is 0 Å². The SMILES string of the molecule is CC1(C)C2CNCC2CN1Cc1cccc(F)c1. The highest BCUT2D eigenvalue weighted by atomic mass is 19.1. The van der Waals surface area contributed by atoms with E-state index in [0.29, 0.717) is 0 Å². The Bertz CT molecular complexity index is 444. The van der Waals surface area contributed by atoms with Gasteiger partial charge >= 0.3 is 0 Å². The van der Waals surface area contributed by atoms with Crippen molar-refractivity contribution in [3.8, 4) is 0 Å². The molecule has 3 rings (SSSR count). The van der Waals surface area contributed by atoms with E-state index < -0.39 is 0 Å². The summed E-state index contributed by atoms with van der Waals surface area (Å²) in [6, 6.07) is 6.99. The van der Waals surface area contributed by atoms with E-state index in [2.05, 4.69) is 24.1 Å². The van der Waals surface area contributed by atoms with Crippen LogP contribution in [-0.4, -0.2) is 30.1 Å². The van der Waals surface area contributed by atoms with Crippen LogP contribution in [0.3, 0.4) is 0 Å². The third-order valence-corrected chi connectivity index (χ3v) is 4.78. The van der Waals surface area contributed by atoms with E-state index >= 15 is 0 Å². The normalized spacial score (nSPS) is 30.6. The van der Waals surface area contributed by atoms with Crippen LogP contribution in [0.25, 0.3) is 0 Å². The largest absolute Gasteiger partial charge is 0.316 e. The van der Waals surface area contributed by atoms with Crippen LogP contribution in [0.2, 0.25) is 0 Å². The first-order chi connectivity index (χ1) is 8.57. The van der Waals surface area contributed by atoms with Gasteiger partial charge < -0.3 is 5.32 Å². The van der Waals surface area contributed by atoms with Crippen LogP contribution in [0.4, 0.5) is 4.39 Å². The predicted molar refractivity (Wildman–Crippen MR) is 70.7 cm³/mol. The van der Waals surface area contributed by atoms with Crippen molar-refractivity contribution in [2.75, 3.05) is 19.6 Å². The van der Waals surface area contributed by atoms with Gasteiger partial charge in [-0.1, -0.05) is 12.1 Å². The lowest BCUT2D eigenvalue weighted by atomic mass is 9.85. The van der Waals surface area contributed by atoms with E-state index in [1.165, 1.54) is 6.07 Å². The zero-order chi connectivity index (χ0) is 12.8. The molecule has 0 radical (unpaired) electrons. The Morgan fingerprint density at radius 3 is 2.94 bits per heavy atom. The topological polar surface area (TPSA) is 15.3 Å². The Morgan fingerprint density at radius 2 is 2.22 bits per heavy atom. The summed E-state index contributed by atoms with van der Waals surface area (Å²) in [6.45, 7) is 8.89. The summed E-state index contributed by atoms with van der Waals surface area (Å²) in [7, 11) is 0. The van der Waals surface area contributed by atoms with Crippen LogP contribution >= 0.6 is 0 Å². The lowest BCUT2D eigenvalue weighted by Gasteiger charge is -2.35. The van der Waals surface area contributed by atoms with Crippen molar-refractivity contribution in [3.05, 3.63) is 35.6 Å². The standard InChI is InChI=1S/C15H21FN2/c1-15(2)14-8-17-7-12(14)10-18(15)9-11-4-3-5-13(16)6-11/h3-6,12,14,17H,7-10H2,1-2H3. The number of benzene rings is 1. The van der Waals surface area contributed by atoms with E-state index in [1.54, 1.807) is 12.1 Å². The van der Waals surface area contributed by atoms with Crippen molar-refractivity contribution in [2.45, 2.75) is 25.9 Å². The molecular weight excluding hydrogens is 227 g/mol. The van der Waals surface area contributed by atoms with Crippen molar-refractivity contribution >= 4 is 0 Å². The Hall–Kier alpha value is -0.930. The molecule has 1 aromatic rings. The minimum absolute atomic E-state index is 0.133. The summed E-state index contributed by atoms with van der Waals surface area (Å²) in [5, 5.41) is 3.49. The van der Waals surface area contributed by atoms with Gasteiger partial charge in [-0.3, -0.25) is 4.90 Å². The summed E-state index contributed by atoms with van der Waals surface area (Å²) in [5.74, 6) is 1.35. The molecule has 0 aliphatic carbocycles. The molecular formula is C15H21FN2. The van der Waals surface area contributed by atoms with Crippen molar-refractivity contribution < 1.29 is 4.39 Å². The number of hydrogen-bond acceptors (Lipinski definition) is 2. The summed E-state index contributed by atoms with van der Waals surface area (Å²) < 4.78 is 13.2. The Labute approximate surface area is 108 Å². The molecule has 0 amide bonds. The maximum absolute atomic E-state index is 13.2. The fraction of sp³-hybridized carbons (Fsp3) is 0.600. The maximum atomic E-state index is 13.2. The molecule has 18 heavy (non-hydrogen) atoms. The highest BCUT2D eigenvalue weighted by molar-refractivity contribution is 5.17. The van der Waals surface area contributed by atoms with Crippen molar-refractivity contribution in [2.24, 2.45) is 11.8 Å². The number of nitrogens with one attached hydrogen (secondary N) is 1. The fourth-order valence-corrected chi connectivity index (χ4v) is 3.63. The summed E-state index contributed by atoms with van der Waals surface area (Å²) in [5.41, 5.74) is 1.29. The van der Waals surface area contributed by atoms with Crippen LogP contribution < -0.4 is 5.32 Å². The van der Waals surface area contributed by atoms with Gasteiger partial charge in [-0.05, 0) is 49.9 Å². The zero-order valence-electron chi connectivity index (χ0n) is 11.1. The van der Waals surface area contributed by atoms with Gasteiger partial charge in [0.2, 0.25) is 0 Å². The lowest BCUT2D eigenvalue weighted by molar-refractivity contribution is 0.132. The lowest BCUT2D eigenvalue weighted by Crippen LogP contribution is -2.43. The number of hydrogen-bond donors (Lipinski definition) is 1. The van der Waals surface area contributed by atoms with E-state index in [4.69, 9.17) is 0 Å². The number of fused-ring (bicyclic) bond motifs is 1. The van der Waals surface area contributed by atoms with Crippen LogP contribution in [-0.2, 0) is 6.54 Å². The smallest absolute Gasteiger partial charge is 0.123 e. The molecule has 2 aliphatic rings. The third-order valence-electron chi connectivity index (χ3n) is 4.78. The minimum atomic E-state index is -0.133. The van der Waals surface area contributed by atoms with Crippen LogP contribution in [0.5, 0.6) is 0 Å². The predicted octanol–water partition coefficient (Wildman–Crippen LogP) is 2.26. The molecule has 2 atom stereocenters. The molecule has 3 heteroatoms. The van der Waals surface area contributed by atoms with Crippen molar-refractivity contribution in [1.29, 1.82) is 0 Å². The Kier molecular flexibility index (Phi) is 2.91. The number of likely N-dealkylation sites (tertiary alicyclic amines) is 1. The van der Waals surface area contributed by atoms with E-state index in [-0.39, 0.29) is 11.4 Å². The van der Waals surface area contributed by atoms with Gasteiger partial charge in [0.1, 0.15) is 5.82 Å². The molecule has 2 unspecified atom stereocenters. The van der Waals surface area contributed by atoms with Gasteiger partial charge in [-0.2, -0.15) is 0 Å². The number of nitrogens with zero attached hydrogens (tertiary/aromatic N) is 1. The van der Waals surface area contributed by atoms with Gasteiger partial charge in [0, 0.05) is 25.2 Å². The molecule has 0 spiro atoms. The highest BCUT2D eigenvalue weighted by Gasteiger charge is 2.49. The second-order valence-corrected chi connectivity index (χ2v) is 6.19. The first-order valence-corrected chi connectivity index (χ1v) is 6.77. The molecule has 2 fully saturated rings. The molecule has 98 valence electrons. The van der Waals surface area contributed by atoms with Gasteiger partial charge in [0.05, 0.1) is 0 Å². The van der Waals surface area contributed by atoms with Gasteiger partial charge in [-0.15, -0.1) is 0 Å². The number of rotatable bonds is 2. The highest BCUT2D eigenvalue weighted by Crippen LogP contribution is 2.41. The van der Waals surface area contributed by atoms with Crippen LogP contribution in [0.15, 0.2) is 24.3 Å². The Balaban J connectivity index is 1.77. The third kappa shape index (κ3) is 1.95. The minimum Gasteiger partial charge on any atom is -0.316 e. The molecule has 2 saturated heterocycles. The summed E-state index contributed by atoms with van der Waals surface area (Å²) in [6.07, 6.45) is 0. The Morgan fingerprint density at radius 1 is 1.39 bits per heavy atom. The molecule has 2 aliphatic heterocycles. The monoisotopic (exact) mass is 248 g/mol. The molecule has 1 aromatic carbocycles. The molecule has 2 nitrogen and oxygen atoms in total. The van der Waals surface area contributed by atoms with E-state index in [0.717, 1.165) is 43.6 Å². The average Bonchev–Trinajstić information content (AvgIpc) is 2.84. The van der Waals surface area contributed by atoms with E-state index in [1.807, 2.05) is 6.07 Å². The average molecular weight is 248 g/mol. The fourth-order valence-electron chi connectivity index (χ4n) is 3.63. The molecule has 0 aromatic heterocycles. The van der Waals surface area contributed by atoms with Gasteiger partial charge in [0.15, 0.2) is 0 Å². The summed E-state index contributed by atoms with van der Waals surface area (Å²) in [4.78, 5) is 2.51. The second kappa shape index (κ2) is 4.32. The number of halogens is 1. The van der Waals surface area contributed by atoms with Crippen molar-refractivity contribution in [1.82, 2.24) is 10.2 Å². The van der Waals surface area contributed by atoms with Crippen LogP contribution in [0, 0.1) is 17.7 Å². The van der Waals surface area contributed by atoms with Crippen molar-refractivity contribution in [3.63, 3.8) is 0 Å². The second-order valence-electron chi connectivity index (χ2n) is 6.19. The quantitative estimate of drug-likeness (QED) is 0.863. The van der Waals surface area contributed by atoms with Gasteiger partial charge in [-0.25, -0.2) is 4.39 Å². The first kappa shape index (κ1) is 12.1.